The van der Waals surface area contributed by atoms with Crippen LogP contribution in [0.15, 0.2) is 71.7 Å². The number of halogens is 2. The number of alkyl halides is 1. The molecule has 0 amide bonds. The number of rotatable bonds is 9. The lowest BCUT2D eigenvalue weighted by Gasteiger charge is -2.23. The molecule has 0 N–H and O–H groups in total. The van der Waals surface area contributed by atoms with Crippen molar-refractivity contribution < 1.29 is 13.5 Å². The summed E-state index contributed by atoms with van der Waals surface area (Å²) in [4.78, 5) is 14.7. The predicted molar refractivity (Wildman–Crippen MR) is 121 cm³/mol. The van der Waals surface area contributed by atoms with Crippen molar-refractivity contribution in [2.24, 2.45) is 0 Å². The molecule has 0 bridgehead atoms. The Morgan fingerprint density at radius 2 is 1.72 bits per heavy atom. The molecule has 2 heterocycles. The Balaban J connectivity index is 1.31. The molecule has 0 radical (unpaired) electrons. The summed E-state index contributed by atoms with van der Waals surface area (Å²) in [7, 11) is 0. The average molecular weight is 439 g/mol. The van der Waals surface area contributed by atoms with E-state index >= 15 is 0 Å². The number of aromatic nitrogens is 1. The van der Waals surface area contributed by atoms with Gasteiger partial charge >= 0.3 is 0 Å². The summed E-state index contributed by atoms with van der Waals surface area (Å²) in [6, 6.07) is 18.1. The minimum atomic E-state index is -0.306. The minimum Gasteiger partial charge on any atom is -0.489 e. The van der Waals surface area contributed by atoms with E-state index in [1.165, 1.54) is 23.8 Å². The molecule has 1 aromatic heterocycles. The van der Waals surface area contributed by atoms with Gasteiger partial charge in [-0.05, 0) is 60.7 Å². The normalized spacial score (nSPS) is 16.4. The topological polar surface area (TPSA) is 34.5 Å². The highest BCUT2D eigenvalue weighted by Crippen LogP contribution is 2.31. The van der Waals surface area contributed by atoms with Crippen molar-refractivity contribution in [1.82, 2.24) is 9.47 Å². The van der Waals surface area contributed by atoms with E-state index in [9.17, 15) is 13.6 Å². The lowest BCUT2D eigenvalue weighted by molar-refractivity contribution is 0.233. The summed E-state index contributed by atoms with van der Waals surface area (Å²) in [5.41, 5.74) is 3.11. The van der Waals surface area contributed by atoms with Crippen molar-refractivity contribution in [3.8, 4) is 5.75 Å². The molecule has 4 nitrogen and oxygen atoms in total. The molecule has 3 aromatic rings. The van der Waals surface area contributed by atoms with Gasteiger partial charge in [0.2, 0.25) is 0 Å². The van der Waals surface area contributed by atoms with Crippen LogP contribution < -0.4 is 10.3 Å². The number of hydrogen-bond acceptors (Lipinski definition) is 3. The summed E-state index contributed by atoms with van der Waals surface area (Å²) in [5, 5.41) is 0. The van der Waals surface area contributed by atoms with Gasteiger partial charge in [-0.25, -0.2) is 8.78 Å². The standard InChI is InChI=1S/C26H28F2N2O2/c27-13-17-29-14-1-2-25(29)22-7-3-20(4-8-22)11-15-30-16-12-24(18-26(30)31)32-19-21-5-9-23(28)10-6-21/h3-10,12,16,18,25H,1-2,11,13-15,17,19H2. The van der Waals surface area contributed by atoms with E-state index in [0.29, 0.717) is 24.9 Å². The largest absolute Gasteiger partial charge is 0.489 e. The molecule has 0 spiro atoms. The molecule has 1 fully saturated rings. The molecule has 32 heavy (non-hydrogen) atoms. The third-order valence-electron chi connectivity index (χ3n) is 6.03. The molecular formula is C26H28F2N2O2. The lowest BCUT2D eigenvalue weighted by atomic mass is 10.0. The molecule has 1 atom stereocenters. The highest BCUT2D eigenvalue weighted by Gasteiger charge is 2.25. The fourth-order valence-electron chi connectivity index (χ4n) is 4.25. The molecule has 0 aliphatic carbocycles. The first kappa shape index (κ1) is 22.2. The van der Waals surface area contributed by atoms with Crippen LogP contribution in [-0.4, -0.2) is 29.2 Å². The average Bonchev–Trinajstić information content (AvgIpc) is 3.27. The summed E-state index contributed by atoms with van der Waals surface area (Å²) >= 11 is 0. The SMILES string of the molecule is O=c1cc(OCc2ccc(F)cc2)ccn1CCc1ccc(C2CCCN2CCF)cc1. The highest BCUT2D eigenvalue weighted by molar-refractivity contribution is 5.26. The van der Waals surface area contributed by atoms with Crippen molar-refractivity contribution in [3.05, 3.63) is 99.7 Å². The molecule has 1 saturated heterocycles. The number of likely N-dealkylation sites (tertiary alicyclic amines) is 1. The Bertz CT molecular complexity index is 1060. The van der Waals surface area contributed by atoms with Crippen LogP contribution in [0, 0.1) is 5.82 Å². The van der Waals surface area contributed by atoms with Crippen molar-refractivity contribution in [1.29, 1.82) is 0 Å². The fourth-order valence-corrected chi connectivity index (χ4v) is 4.25. The van der Waals surface area contributed by atoms with Crippen LogP contribution in [0.1, 0.15) is 35.6 Å². The summed E-state index contributed by atoms with van der Waals surface area (Å²) in [5.74, 6) is 0.206. The van der Waals surface area contributed by atoms with Gasteiger partial charge in [0.25, 0.3) is 5.56 Å². The van der Waals surface area contributed by atoms with Gasteiger partial charge in [-0.3, -0.25) is 9.69 Å². The van der Waals surface area contributed by atoms with E-state index < -0.39 is 0 Å². The summed E-state index contributed by atoms with van der Waals surface area (Å²) < 4.78 is 33.1. The van der Waals surface area contributed by atoms with Gasteiger partial charge < -0.3 is 9.30 Å². The van der Waals surface area contributed by atoms with E-state index in [-0.39, 0.29) is 24.7 Å². The van der Waals surface area contributed by atoms with E-state index in [4.69, 9.17) is 4.74 Å². The van der Waals surface area contributed by atoms with Crippen LogP contribution in [-0.2, 0) is 19.6 Å². The molecule has 0 saturated carbocycles. The van der Waals surface area contributed by atoms with E-state index in [1.807, 2.05) is 0 Å². The summed E-state index contributed by atoms with van der Waals surface area (Å²) in [6.07, 6.45) is 4.67. The first-order valence-corrected chi connectivity index (χ1v) is 11.1. The zero-order valence-electron chi connectivity index (χ0n) is 18.1. The monoisotopic (exact) mass is 438 g/mol. The van der Waals surface area contributed by atoms with Crippen LogP contribution in [0.4, 0.5) is 8.78 Å². The highest BCUT2D eigenvalue weighted by atomic mass is 19.1. The Hall–Kier alpha value is -2.99. The van der Waals surface area contributed by atoms with Gasteiger partial charge in [0.15, 0.2) is 0 Å². The van der Waals surface area contributed by atoms with Crippen LogP contribution in [0.3, 0.4) is 0 Å². The fraction of sp³-hybridized carbons (Fsp3) is 0.346. The number of benzene rings is 2. The van der Waals surface area contributed by atoms with E-state index in [0.717, 1.165) is 36.9 Å². The van der Waals surface area contributed by atoms with Gasteiger partial charge in [-0.2, -0.15) is 0 Å². The van der Waals surface area contributed by atoms with Gasteiger partial charge in [0.1, 0.15) is 24.8 Å². The zero-order valence-corrected chi connectivity index (χ0v) is 18.1. The maximum absolute atomic E-state index is 13.0. The molecule has 1 aliphatic heterocycles. The molecule has 1 unspecified atom stereocenters. The number of ether oxygens (including phenoxy) is 1. The zero-order chi connectivity index (χ0) is 22.3. The number of aryl methyl sites for hydroxylation is 2. The van der Waals surface area contributed by atoms with E-state index in [2.05, 4.69) is 29.2 Å². The molecule has 168 valence electrons. The number of hydrogen-bond donors (Lipinski definition) is 0. The number of nitrogens with zero attached hydrogens (tertiary/aromatic N) is 2. The second-order valence-corrected chi connectivity index (χ2v) is 8.18. The third-order valence-corrected chi connectivity index (χ3v) is 6.03. The van der Waals surface area contributed by atoms with Crippen molar-refractivity contribution in [2.45, 2.75) is 38.5 Å². The van der Waals surface area contributed by atoms with E-state index in [1.54, 1.807) is 29.0 Å². The quantitative estimate of drug-likeness (QED) is 0.476. The minimum absolute atomic E-state index is 0.119. The Morgan fingerprint density at radius 1 is 0.969 bits per heavy atom. The smallest absolute Gasteiger partial charge is 0.254 e. The Kier molecular flexibility index (Phi) is 7.32. The third kappa shape index (κ3) is 5.62. The van der Waals surface area contributed by atoms with Crippen LogP contribution >= 0.6 is 0 Å². The first-order chi connectivity index (χ1) is 15.6. The molecular weight excluding hydrogens is 410 g/mol. The van der Waals surface area contributed by atoms with Crippen molar-refractivity contribution >= 4 is 0 Å². The van der Waals surface area contributed by atoms with Crippen molar-refractivity contribution in [3.63, 3.8) is 0 Å². The maximum Gasteiger partial charge on any atom is 0.254 e. The van der Waals surface area contributed by atoms with Gasteiger partial charge in [0.05, 0.1) is 0 Å². The number of pyridine rings is 1. The lowest BCUT2D eigenvalue weighted by Crippen LogP contribution is -2.25. The Morgan fingerprint density at radius 3 is 2.44 bits per heavy atom. The first-order valence-electron chi connectivity index (χ1n) is 11.1. The van der Waals surface area contributed by atoms with Gasteiger partial charge in [-0.15, -0.1) is 0 Å². The predicted octanol–water partition coefficient (Wildman–Crippen LogP) is 4.92. The molecule has 6 heteroatoms. The van der Waals surface area contributed by atoms with Crippen LogP contribution in [0.25, 0.3) is 0 Å². The molecule has 1 aliphatic rings. The van der Waals surface area contributed by atoms with Crippen LogP contribution in [0.2, 0.25) is 0 Å². The summed E-state index contributed by atoms with van der Waals surface area (Å²) in [6.45, 7) is 2.01. The second kappa shape index (κ2) is 10.6. The Labute approximate surface area is 187 Å². The maximum atomic E-state index is 13.0. The molecule has 4 rings (SSSR count). The van der Waals surface area contributed by atoms with Gasteiger partial charge in [-0.1, -0.05) is 36.4 Å². The second-order valence-electron chi connectivity index (χ2n) is 8.18. The van der Waals surface area contributed by atoms with Crippen LogP contribution in [0.5, 0.6) is 5.75 Å². The van der Waals surface area contributed by atoms with Crippen molar-refractivity contribution in [2.75, 3.05) is 19.8 Å². The molecule has 2 aromatic carbocycles. The van der Waals surface area contributed by atoms with Gasteiger partial charge in [0, 0.05) is 31.4 Å².